The third-order valence-electron chi connectivity index (χ3n) is 3.97. The molecule has 0 saturated heterocycles. The number of carbonyl (C=O) groups is 1. The Morgan fingerprint density at radius 3 is 2.84 bits per heavy atom. The van der Waals surface area contributed by atoms with Crippen LogP contribution in [-0.2, 0) is 6.54 Å². The maximum absolute atomic E-state index is 12.2. The van der Waals surface area contributed by atoms with Gasteiger partial charge >= 0.3 is 0 Å². The highest BCUT2D eigenvalue weighted by Crippen LogP contribution is 2.19. The van der Waals surface area contributed by atoms with Crippen molar-refractivity contribution < 1.29 is 4.79 Å². The third kappa shape index (κ3) is 4.33. The van der Waals surface area contributed by atoms with E-state index in [1.807, 2.05) is 41.4 Å². The van der Waals surface area contributed by atoms with E-state index in [2.05, 4.69) is 33.7 Å². The van der Waals surface area contributed by atoms with E-state index in [9.17, 15) is 4.79 Å². The highest BCUT2D eigenvalue weighted by atomic mass is 32.1. The Kier molecular flexibility index (Phi) is 5.60. The summed E-state index contributed by atoms with van der Waals surface area (Å²) in [5.41, 5.74) is 2.56. The Hall–Kier alpha value is -2.47. The summed E-state index contributed by atoms with van der Waals surface area (Å²) < 4.78 is 2.15. The number of nitrogens with zero attached hydrogens (tertiary/aromatic N) is 3. The molecule has 0 aliphatic carbocycles. The second-order valence-electron chi connectivity index (χ2n) is 6.19. The summed E-state index contributed by atoms with van der Waals surface area (Å²) in [5, 5.41) is 7.02. The van der Waals surface area contributed by atoms with Crippen LogP contribution in [0.1, 0.15) is 42.4 Å². The van der Waals surface area contributed by atoms with Gasteiger partial charge in [-0.05, 0) is 30.0 Å². The smallest absolute Gasteiger partial charge is 0.252 e. The second kappa shape index (κ2) is 8.07. The Balaban J connectivity index is 1.48. The van der Waals surface area contributed by atoms with Crippen LogP contribution in [0.5, 0.6) is 0 Å². The van der Waals surface area contributed by atoms with Gasteiger partial charge in [-0.2, -0.15) is 11.3 Å². The summed E-state index contributed by atoms with van der Waals surface area (Å²) in [4.78, 5) is 21.0. The molecular formula is C19H22N4OS. The van der Waals surface area contributed by atoms with Gasteiger partial charge in [-0.15, -0.1) is 0 Å². The first-order valence-corrected chi connectivity index (χ1v) is 9.37. The fourth-order valence-corrected chi connectivity index (χ4v) is 3.32. The monoisotopic (exact) mass is 354 g/mol. The van der Waals surface area contributed by atoms with Gasteiger partial charge in [0.05, 0.1) is 11.3 Å². The van der Waals surface area contributed by atoms with Crippen molar-refractivity contribution >= 4 is 17.2 Å². The predicted octanol–water partition coefficient (Wildman–Crippen LogP) is 3.95. The molecule has 0 aliphatic heterocycles. The van der Waals surface area contributed by atoms with E-state index in [4.69, 9.17) is 0 Å². The molecule has 25 heavy (non-hydrogen) atoms. The summed E-state index contributed by atoms with van der Waals surface area (Å²) >= 11 is 1.63. The van der Waals surface area contributed by atoms with Crippen LogP contribution in [0.15, 0.2) is 47.5 Å². The second-order valence-corrected chi connectivity index (χ2v) is 6.97. The fraction of sp³-hybridized carbons (Fsp3) is 0.316. The quantitative estimate of drug-likeness (QED) is 0.654. The first kappa shape index (κ1) is 17.4. The number of aromatic nitrogens is 3. The highest BCUT2D eigenvalue weighted by molar-refractivity contribution is 7.08. The summed E-state index contributed by atoms with van der Waals surface area (Å²) in [6.07, 6.45) is 6.32. The molecule has 3 heterocycles. The molecule has 0 radical (unpaired) electrons. The van der Waals surface area contributed by atoms with Crippen LogP contribution < -0.4 is 5.32 Å². The van der Waals surface area contributed by atoms with Gasteiger partial charge in [0, 0.05) is 48.5 Å². The lowest BCUT2D eigenvalue weighted by Crippen LogP contribution is -2.25. The number of amides is 1. The summed E-state index contributed by atoms with van der Waals surface area (Å²) in [6.45, 7) is 5.74. The molecule has 0 unspecified atom stereocenters. The number of nitrogens with one attached hydrogen (secondary N) is 1. The first-order chi connectivity index (χ1) is 12.1. The molecule has 130 valence electrons. The summed E-state index contributed by atoms with van der Waals surface area (Å²) in [6, 6.07) is 5.73. The minimum absolute atomic E-state index is 0.0842. The average molecular weight is 354 g/mol. The number of rotatable bonds is 7. The topological polar surface area (TPSA) is 59.8 Å². The number of carbonyl (C=O) groups excluding carboxylic acids is 1. The summed E-state index contributed by atoms with van der Waals surface area (Å²) in [7, 11) is 0. The SMILES string of the molecule is CC(C)c1nccn1CCCNC(=O)c1ccc(-c2ccsc2)nc1. The number of hydrogen-bond donors (Lipinski definition) is 1. The van der Waals surface area contributed by atoms with Gasteiger partial charge in [0.1, 0.15) is 5.82 Å². The molecule has 5 nitrogen and oxygen atoms in total. The van der Waals surface area contributed by atoms with E-state index in [-0.39, 0.29) is 5.91 Å². The van der Waals surface area contributed by atoms with E-state index in [0.29, 0.717) is 18.0 Å². The van der Waals surface area contributed by atoms with E-state index in [0.717, 1.165) is 30.0 Å². The molecule has 0 aliphatic rings. The van der Waals surface area contributed by atoms with Crippen LogP contribution in [0.25, 0.3) is 11.3 Å². The zero-order chi connectivity index (χ0) is 17.6. The van der Waals surface area contributed by atoms with Crippen molar-refractivity contribution in [3.63, 3.8) is 0 Å². The molecule has 0 bridgehead atoms. The van der Waals surface area contributed by atoms with Crippen molar-refractivity contribution in [3.8, 4) is 11.3 Å². The Morgan fingerprint density at radius 1 is 1.28 bits per heavy atom. The van der Waals surface area contributed by atoms with E-state index >= 15 is 0 Å². The minimum Gasteiger partial charge on any atom is -0.352 e. The Morgan fingerprint density at radius 2 is 2.16 bits per heavy atom. The number of hydrogen-bond acceptors (Lipinski definition) is 4. The van der Waals surface area contributed by atoms with Gasteiger partial charge in [0.2, 0.25) is 0 Å². The fourth-order valence-electron chi connectivity index (χ4n) is 2.67. The van der Waals surface area contributed by atoms with E-state index in [1.54, 1.807) is 17.5 Å². The van der Waals surface area contributed by atoms with Crippen LogP contribution in [0.2, 0.25) is 0 Å². The first-order valence-electron chi connectivity index (χ1n) is 8.43. The van der Waals surface area contributed by atoms with Crippen molar-refractivity contribution in [1.29, 1.82) is 0 Å². The van der Waals surface area contributed by atoms with Crippen LogP contribution in [-0.4, -0.2) is 27.0 Å². The predicted molar refractivity (Wildman–Crippen MR) is 101 cm³/mol. The zero-order valence-electron chi connectivity index (χ0n) is 14.5. The van der Waals surface area contributed by atoms with Gasteiger partial charge < -0.3 is 9.88 Å². The lowest BCUT2D eigenvalue weighted by molar-refractivity contribution is 0.0952. The van der Waals surface area contributed by atoms with Crippen LogP contribution in [0, 0.1) is 0 Å². The third-order valence-corrected chi connectivity index (χ3v) is 4.65. The molecule has 3 rings (SSSR count). The number of imidazole rings is 1. The molecule has 0 spiro atoms. The Labute approximate surface area is 151 Å². The standard InChI is InChI=1S/C19H22N4OS/c1-14(2)18-20-8-10-23(18)9-3-7-21-19(24)15-4-5-17(22-12-15)16-6-11-25-13-16/h4-6,8,10-14H,3,7,9H2,1-2H3,(H,21,24). The van der Waals surface area contributed by atoms with E-state index < -0.39 is 0 Å². The van der Waals surface area contributed by atoms with Crippen LogP contribution >= 0.6 is 11.3 Å². The van der Waals surface area contributed by atoms with Gasteiger partial charge in [0.15, 0.2) is 0 Å². The molecule has 3 aromatic rings. The van der Waals surface area contributed by atoms with E-state index in [1.165, 1.54) is 0 Å². The molecule has 0 atom stereocenters. The average Bonchev–Trinajstić information content (AvgIpc) is 3.30. The lowest BCUT2D eigenvalue weighted by atomic mass is 10.2. The van der Waals surface area contributed by atoms with Crippen molar-refractivity contribution in [3.05, 3.63) is 58.9 Å². The van der Waals surface area contributed by atoms with Crippen LogP contribution in [0.3, 0.4) is 0 Å². The van der Waals surface area contributed by atoms with Crippen molar-refractivity contribution in [2.45, 2.75) is 32.7 Å². The van der Waals surface area contributed by atoms with Gasteiger partial charge in [-0.1, -0.05) is 13.8 Å². The normalized spacial score (nSPS) is 11.0. The zero-order valence-corrected chi connectivity index (χ0v) is 15.3. The number of thiophene rings is 1. The van der Waals surface area contributed by atoms with Crippen LogP contribution in [0.4, 0.5) is 0 Å². The molecule has 0 saturated carbocycles. The number of pyridine rings is 1. The van der Waals surface area contributed by atoms with Gasteiger partial charge in [-0.25, -0.2) is 4.98 Å². The van der Waals surface area contributed by atoms with Gasteiger partial charge in [-0.3, -0.25) is 9.78 Å². The molecule has 1 amide bonds. The minimum atomic E-state index is -0.0842. The molecule has 0 aromatic carbocycles. The highest BCUT2D eigenvalue weighted by Gasteiger charge is 2.08. The molecule has 0 fully saturated rings. The molecule has 1 N–H and O–H groups in total. The molecule has 6 heteroatoms. The Bertz CT molecular complexity index is 806. The lowest BCUT2D eigenvalue weighted by Gasteiger charge is -2.10. The maximum Gasteiger partial charge on any atom is 0.252 e. The molecular weight excluding hydrogens is 332 g/mol. The number of aryl methyl sites for hydroxylation is 1. The van der Waals surface area contributed by atoms with Crippen molar-refractivity contribution in [2.75, 3.05) is 6.54 Å². The maximum atomic E-state index is 12.2. The van der Waals surface area contributed by atoms with Gasteiger partial charge in [0.25, 0.3) is 5.91 Å². The summed E-state index contributed by atoms with van der Waals surface area (Å²) in [5.74, 6) is 1.40. The molecule has 3 aromatic heterocycles. The largest absolute Gasteiger partial charge is 0.352 e. The van der Waals surface area contributed by atoms with Crippen molar-refractivity contribution in [2.24, 2.45) is 0 Å². The van der Waals surface area contributed by atoms with Crippen molar-refractivity contribution in [1.82, 2.24) is 19.9 Å².